The van der Waals surface area contributed by atoms with Gasteiger partial charge in [0.1, 0.15) is 24.4 Å². The molecule has 0 spiro atoms. The van der Waals surface area contributed by atoms with E-state index in [2.05, 4.69) is 121 Å². The monoisotopic (exact) mass is 785 g/mol. The number of rotatable bonds is 11. The van der Waals surface area contributed by atoms with Crippen molar-refractivity contribution in [1.82, 2.24) is 0 Å². The van der Waals surface area contributed by atoms with Crippen molar-refractivity contribution in [3.63, 3.8) is 0 Å². The first-order valence-electron chi connectivity index (χ1n) is 19.3. The van der Waals surface area contributed by atoms with Crippen LogP contribution < -0.4 is 4.74 Å². The van der Waals surface area contributed by atoms with E-state index in [0.29, 0.717) is 12.2 Å². The lowest BCUT2D eigenvalue weighted by Gasteiger charge is -2.33. The second kappa shape index (κ2) is 22.3. The van der Waals surface area contributed by atoms with Gasteiger partial charge in [0.05, 0.1) is 16.3 Å². The summed E-state index contributed by atoms with van der Waals surface area (Å²) in [5.41, 5.74) is 3.39. The summed E-state index contributed by atoms with van der Waals surface area (Å²) in [6, 6.07) is 8.84. The van der Waals surface area contributed by atoms with E-state index < -0.39 is 24.8 Å². The first-order valence-corrected chi connectivity index (χ1v) is 20.9. The van der Waals surface area contributed by atoms with E-state index in [1.807, 2.05) is 51.2 Å². The van der Waals surface area contributed by atoms with Gasteiger partial charge in [0, 0.05) is 38.5 Å². The summed E-state index contributed by atoms with van der Waals surface area (Å²) in [6.45, 7) is 43.4. The predicted octanol–water partition coefficient (Wildman–Crippen LogP) is 11.4. The number of thioether (sulfide) groups is 2. The van der Waals surface area contributed by atoms with Crippen LogP contribution in [0.1, 0.15) is 174 Å². The average Bonchev–Trinajstić information content (AvgIpc) is 2.95. The van der Waals surface area contributed by atoms with Gasteiger partial charge in [-0.3, -0.25) is 0 Å². The van der Waals surface area contributed by atoms with Crippen molar-refractivity contribution < 1.29 is 35.0 Å². The van der Waals surface area contributed by atoms with Crippen molar-refractivity contribution in [2.75, 3.05) is 6.61 Å². The van der Waals surface area contributed by atoms with Crippen LogP contribution in [0.2, 0.25) is 0 Å². The molecular weight excluding hydrogens is 705 g/mol. The highest BCUT2D eigenvalue weighted by Gasteiger charge is 2.32. The number of aromatic hydroxyl groups is 1. The van der Waals surface area contributed by atoms with Crippen LogP contribution in [0.5, 0.6) is 11.5 Å². The number of hydrogen-bond donors (Lipinski definition) is 5. The fourth-order valence-corrected chi connectivity index (χ4v) is 7.91. The maximum atomic E-state index is 11.3. The number of phenols is 1. The highest BCUT2D eigenvalue weighted by Crippen LogP contribution is 2.51. The quantitative estimate of drug-likeness (QED) is 0.112. The Morgan fingerprint density at radius 3 is 1.13 bits per heavy atom. The standard InChI is InChI=1S/C38H62O5S2.C2H6O2.2C2H6/c1-23(39)17-25(43-24(2)40)22-42-33-30(36(9,10)11)20-27(21-31(33)37(12,13)14)45-38(15,16)44-26-18-28(34(3,4)5)32(41)29(19-26)35(6,7)8;1-2(3)4;2*1-2/h18-21,23-25,39-41H,17,22H2,1-16H3;2-4H,1H3;2*1-2H3. The Morgan fingerprint density at radius 2 is 0.868 bits per heavy atom. The van der Waals surface area contributed by atoms with E-state index in [9.17, 15) is 15.3 Å². The van der Waals surface area contributed by atoms with Crippen molar-refractivity contribution in [2.24, 2.45) is 0 Å². The molecule has 0 saturated heterocycles. The Hall–Kier alpha value is -1.46. The number of ether oxygens (including phenoxy) is 2. The van der Waals surface area contributed by atoms with E-state index in [0.717, 1.165) is 32.9 Å². The van der Waals surface area contributed by atoms with Crippen LogP contribution in [0.4, 0.5) is 0 Å². The molecule has 0 bridgehead atoms. The molecule has 2 rings (SSSR count). The van der Waals surface area contributed by atoms with Crippen LogP contribution in [0.15, 0.2) is 34.1 Å². The van der Waals surface area contributed by atoms with Crippen molar-refractivity contribution in [2.45, 2.75) is 212 Å². The molecule has 2 aromatic carbocycles. The second-order valence-electron chi connectivity index (χ2n) is 17.7. The minimum Gasteiger partial charge on any atom is -0.507 e. The zero-order valence-corrected chi connectivity index (χ0v) is 39.0. The summed E-state index contributed by atoms with van der Waals surface area (Å²) in [5, 5.41) is 46.4. The van der Waals surface area contributed by atoms with Gasteiger partial charge in [0.2, 0.25) is 0 Å². The zero-order valence-electron chi connectivity index (χ0n) is 37.4. The van der Waals surface area contributed by atoms with E-state index >= 15 is 0 Å². The number of phenolic OH excluding ortho intramolecular Hbond substituents is 1. The molecule has 0 saturated carbocycles. The Labute approximate surface area is 334 Å². The van der Waals surface area contributed by atoms with Crippen molar-refractivity contribution >= 4 is 23.5 Å². The van der Waals surface area contributed by atoms with Crippen LogP contribution in [-0.4, -0.2) is 61.0 Å². The summed E-state index contributed by atoms with van der Waals surface area (Å²) in [6.07, 6.45) is -2.78. The highest BCUT2D eigenvalue weighted by molar-refractivity contribution is 8.18. The van der Waals surface area contributed by atoms with Crippen molar-refractivity contribution in [1.29, 1.82) is 0 Å². The molecule has 0 aliphatic carbocycles. The molecule has 2 aromatic rings. The van der Waals surface area contributed by atoms with Gasteiger partial charge in [-0.1, -0.05) is 111 Å². The molecule has 0 radical (unpaired) electrons. The molecular formula is C44H80O7S2. The normalized spacial score (nSPS) is 14.2. The fourth-order valence-electron chi connectivity index (χ4n) is 5.33. The summed E-state index contributed by atoms with van der Waals surface area (Å²) < 4.78 is 12.1. The molecule has 0 amide bonds. The van der Waals surface area contributed by atoms with Gasteiger partial charge < -0.3 is 35.0 Å². The summed E-state index contributed by atoms with van der Waals surface area (Å²) in [7, 11) is 0. The van der Waals surface area contributed by atoms with Crippen molar-refractivity contribution in [3.8, 4) is 11.5 Å². The van der Waals surface area contributed by atoms with Gasteiger partial charge in [-0.15, -0.1) is 23.5 Å². The minimum absolute atomic E-state index is 0.189. The summed E-state index contributed by atoms with van der Waals surface area (Å²) in [4.78, 5) is 2.32. The van der Waals surface area contributed by atoms with Gasteiger partial charge in [0.15, 0.2) is 6.29 Å². The lowest BCUT2D eigenvalue weighted by Crippen LogP contribution is -2.30. The largest absolute Gasteiger partial charge is 0.507 e. The van der Waals surface area contributed by atoms with E-state index in [-0.39, 0.29) is 32.3 Å². The molecule has 53 heavy (non-hydrogen) atoms. The molecule has 0 heterocycles. The fraction of sp³-hybridized carbons (Fsp3) is 0.727. The summed E-state index contributed by atoms with van der Waals surface area (Å²) >= 11 is 3.66. The molecule has 0 fully saturated rings. The van der Waals surface area contributed by atoms with Crippen molar-refractivity contribution in [3.05, 3.63) is 46.5 Å². The van der Waals surface area contributed by atoms with E-state index in [1.165, 1.54) is 11.8 Å². The third kappa shape index (κ3) is 19.8. The Morgan fingerprint density at radius 1 is 0.566 bits per heavy atom. The maximum Gasteiger partial charge on any atom is 0.152 e. The molecule has 7 nitrogen and oxygen atoms in total. The van der Waals surface area contributed by atoms with Gasteiger partial charge in [-0.05, 0) is 80.5 Å². The van der Waals surface area contributed by atoms with E-state index in [4.69, 9.17) is 19.7 Å². The SMILES string of the molecule is CC.CC.CC(O)CC(COc1c(C(C)(C)C)cc(SC(C)(C)Sc2cc(C(C)(C)C)c(O)c(C(C)(C)C)c2)cc1C(C)(C)C)OC(C)O.CC(O)O. The van der Waals surface area contributed by atoms with Crippen LogP contribution in [0, 0.1) is 0 Å². The minimum atomic E-state index is -1.17. The summed E-state index contributed by atoms with van der Waals surface area (Å²) in [5.74, 6) is 1.25. The first kappa shape index (κ1) is 53.6. The van der Waals surface area contributed by atoms with Crippen LogP contribution in [0.25, 0.3) is 0 Å². The third-order valence-electron chi connectivity index (χ3n) is 7.51. The Kier molecular flexibility index (Phi) is 22.6. The number of aliphatic hydroxyl groups is 4. The number of benzene rings is 2. The number of hydrogen-bond acceptors (Lipinski definition) is 9. The topological polar surface area (TPSA) is 120 Å². The zero-order chi connectivity index (χ0) is 42.5. The Bertz CT molecular complexity index is 1260. The van der Waals surface area contributed by atoms with Gasteiger partial charge in [0.25, 0.3) is 0 Å². The van der Waals surface area contributed by atoms with Crippen LogP contribution in [-0.2, 0) is 26.4 Å². The maximum absolute atomic E-state index is 11.3. The number of aliphatic hydroxyl groups excluding tert-OH is 3. The smallest absolute Gasteiger partial charge is 0.152 e. The van der Waals surface area contributed by atoms with E-state index in [1.54, 1.807) is 13.8 Å². The van der Waals surface area contributed by atoms with Crippen LogP contribution >= 0.6 is 23.5 Å². The van der Waals surface area contributed by atoms with Crippen LogP contribution in [0.3, 0.4) is 0 Å². The molecule has 0 aliphatic rings. The molecule has 5 N–H and O–H groups in total. The predicted molar refractivity (Wildman–Crippen MR) is 230 cm³/mol. The molecule has 9 heteroatoms. The Balaban J connectivity index is 0. The molecule has 3 unspecified atom stereocenters. The lowest BCUT2D eigenvalue weighted by molar-refractivity contribution is -0.141. The average molecular weight is 785 g/mol. The first-order chi connectivity index (χ1) is 23.8. The van der Waals surface area contributed by atoms with Gasteiger partial charge >= 0.3 is 0 Å². The molecule has 0 aliphatic heterocycles. The molecule has 310 valence electrons. The second-order valence-corrected chi connectivity index (χ2v) is 21.4. The highest BCUT2D eigenvalue weighted by atomic mass is 32.2. The molecule has 0 aromatic heterocycles. The van der Waals surface area contributed by atoms with Gasteiger partial charge in [-0.25, -0.2) is 0 Å². The van der Waals surface area contributed by atoms with Gasteiger partial charge in [-0.2, -0.15) is 0 Å². The third-order valence-corrected chi connectivity index (χ3v) is 9.94. The lowest BCUT2D eigenvalue weighted by atomic mass is 9.79. The molecule has 3 atom stereocenters.